The molecule has 1 spiro atoms. The molecule has 4 fully saturated rings. The van der Waals surface area contributed by atoms with Crippen LogP contribution in [0.25, 0.3) is 0 Å². The van der Waals surface area contributed by atoms with Crippen molar-refractivity contribution in [3.8, 4) is 0 Å². The Hall–Kier alpha value is -0.260. The molecule has 0 aromatic rings. The zero-order chi connectivity index (χ0) is 16.4. The van der Waals surface area contributed by atoms with E-state index in [9.17, 15) is 0 Å². The van der Waals surface area contributed by atoms with Crippen molar-refractivity contribution in [2.75, 3.05) is 0 Å². The summed E-state index contributed by atoms with van der Waals surface area (Å²) in [6.45, 7) is 0. The maximum atomic E-state index is 2.05. The summed E-state index contributed by atoms with van der Waals surface area (Å²) in [5.41, 5.74) is 4.88. The van der Waals surface area contributed by atoms with E-state index >= 15 is 0 Å². The summed E-state index contributed by atoms with van der Waals surface area (Å²) in [6.07, 6.45) is 25.1. The van der Waals surface area contributed by atoms with Gasteiger partial charge in [-0.15, -0.1) is 0 Å². The van der Waals surface area contributed by atoms with Gasteiger partial charge in [0.25, 0.3) is 0 Å². The van der Waals surface area contributed by atoms with Crippen molar-refractivity contribution in [2.24, 2.45) is 40.9 Å². The summed E-state index contributed by atoms with van der Waals surface area (Å²) in [6, 6.07) is 0. The number of hydrogen-bond donors (Lipinski definition) is 0. The van der Waals surface area contributed by atoms with Gasteiger partial charge in [-0.1, -0.05) is 49.7 Å². The molecule has 0 radical (unpaired) electrons. The van der Waals surface area contributed by atoms with Crippen LogP contribution in [0, 0.1) is 40.9 Å². The zero-order valence-corrected chi connectivity index (χ0v) is 16.3. The second-order valence-electron chi connectivity index (χ2n) is 11.2. The molecular weight excluding hydrogens is 300 g/mol. The summed E-state index contributed by atoms with van der Waals surface area (Å²) in [4.78, 5) is 0. The van der Waals surface area contributed by atoms with Gasteiger partial charge in [-0.3, -0.25) is 0 Å². The van der Waals surface area contributed by atoms with Crippen LogP contribution in [0.4, 0.5) is 0 Å². The molecule has 5 atom stereocenters. The predicted molar refractivity (Wildman–Crippen MR) is 104 cm³/mol. The molecule has 0 heterocycles. The van der Waals surface area contributed by atoms with Gasteiger partial charge >= 0.3 is 0 Å². The molecule has 4 saturated carbocycles. The third-order valence-corrected chi connectivity index (χ3v) is 10.4. The molecule has 6 aliphatic rings. The van der Waals surface area contributed by atoms with Crippen LogP contribution in [0.15, 0.2) is 11.1 Å². The highest BCUT2D eigenvalue weighted by atomic mass is 14.6. The van der Waals surface area contributed by atoms with Crippen molar-refractivity contribution < 1.29 is 0 Å². The molecule has 0 N–H and O–H groups in total. The maximum Gasteiger partial charge on any atom is -0.0132 e. The minimum absolute atomic E-state index is 0.801. The van der Waals surface area contributed by atoms with Crippen LogP contribution in [0.2, 0.25) is 0 Å². The molecule has 5 unspecified atom stereocenters. The first-order valence-corrected chi connectivity index (χ1v) is 12.0. The fourth-order valence-electron chi connectivity index (χ4n) is 8.49. The first kappa shape index (κ1) is 15.8. The maximum absolute atomic E-state index is 2.05. The van der Waals surface area contributed by atoms with Crippen LogP contribution in [0.3, 0.4) is 0 Å². The van der Waals surface area contributed by atoms with Crippen molar-refractivity contribution in [3.63, 3.8) is 0 Å². The molecule has 0 aliphatic heterocycles. The molecule has 138 valence electrons. The Morgan fingerprint density at radius 2 is 1.28 bits per heavy atom. The average molecular weight is 339 g/mol. The molecule has 0 saturated heterocycles. The highest BCUT2D eigenvalue weighted by molar-refractivity contribution is 5.38. The molecule has 0 aromatic heterocycles. The van der Waals surface area contributed by atoms with Crippen molar-refractivity contribution in [2.45, 2.75) is 103 Å². The molecule has 0 amide bonds. The Balaban J connectivity index is 1.14. The smallest absolute Gasteiger partial charge is 0.0132 e. The van der Waals surface area contributed by atoms with Crippen LogP contribution in [0.1, 0.15) is 103 Å². The first-order chi connectivity index (χ1) is 12.3. The van der Waals surface area contributed by atoms with Crippen molar-refractivity contribution in [3.05, 3.63) is 11.1 Å². The standard InChI is InChI=1S/C25H38/c1-2-11-25(12-3-1)13-9-18-15-22-23(20(18)10-14-25)16-24(22)21-8-7-19(21)17-5-4-6-17/h17-21,24H,1-16H2. The van der Waals surface area contributed by atoms with E-state index in [0.717, 1.165) is 40.9 Å². The first-order valence-electron chi connectivity index (χ1n) is 12.0. The number of allylic oxidation sites excluding steroid dienone is 2. The van der Waals surface area contributed by atoms with Gasteiger partial charge in [0.05, 0.1) is 0 Å². The Kier molecular flexibility index (Phi) is 3.70. The summed E-state index contributed by atoms with van der Waals surface area (Å²) in [5.74, 6) is 6.65. The van der Waals surface area contributed by atoms with Crippen molar-refractivity contribution in [1.29, 1.82) is 0 Å². The van der Waals surface area contributed by atoms with Gasteiger partial charge in [-0.2, -0.15) is 0 Å². The lowest BCUT2D eigenvalue weighted by molar-refractivity contribution is 0.0203. The highest BCUT2D eigenvalue weighted by Gasteiger charge is 2.52. The van der Waals surface area contributed by atoms with Crippen LogP contribution >= 0.6 is 0 Å². The van der Waals surface area contributed by atoms with E-state index in [0.29, 0.717) is 0 Å². The second kappa shape index (κ2) is 5.87. The number of rotatable bonds is 2. The summed E-state index contributed by atoms with van der Waals surface area (Å²) >= 11 is 0. The minimum atomic E-state index is 0.801. The van der Waals surface area contributed by atoms with Gasteiger partial charge in [-0.25, -0.2) is 0 Å². The van der Waals surface area contributed by atoms with E-state index in [1.54, 1.807) is 83.5 Å². The lowest BCUT2D eigenvalue weighted by Gasteiger charge is -2.52. The lowest BCUT2D eigenvalue weighted by atomic mass is 9.53. The van der Waals surface area contributed by atoms with E-state index in [1.165, 1.54) is 19.3 Å². The van der Waals surface area contributed by atoms with E-state index in [2.05, 4.69) is 0 Å². The molecule has 0 nitrogen and oxygen atoms in total. The van der Waals surface area contributed by atoms with Gasteiger partial charge in [0.1, 0.15) is 0 Å². The lowest BCUT2D eigenvalue weighted by Crippen LogP contribution is -2.42. The third-order valence-electron chi connectivity index (χ3n) is 10.4. The fourth-order valence-corrected chi connectivity index (χ4v) is 8.49. The van der Waals surface area contributed by atoms with Crippen molar-refractivity contribution >= 4 is 0 Å². The van der Waals surface area contributed by atoms with E-state index in [-0.39, 0.29) is 0 Å². The second-order valence-corrected chi connectivity index (χ2v) is 11.2. The quantitative estimate of drug-likeness (QED) is 0.464. The van der Waals surface area contributed by atoms with E-state index < -0.39 is 0 Å². The summed E-state index contributed by atoms with van der Waals surface area (Å²) < 4.78 is 0. The highest BCUT2D eigenvalue weighted by Crippen LogP contribution is 2.64. The Morgan fingerprint density at radius 3 is 2.00 bits per heavy atom. The minimum Gasteiger partial charge on any atom is -0.0667 e. The monoisotopic (exact) mass is 338 g/mol. The molecular formula is C25H38. The molecule has 0 heteroatoms. The van der Waals surface area contributed by atoms with E-state index in [1.807, 2.05) is 11.1 Å². The predicted octanol–water partition coefficient (Wildman–Crippen LogP) is 7.29. The fraction of sp³-hybridized carbons (Fsp3) is 0.920. The van der Waals surface area contributed by atoms with Gasteiger partial charge in [0.15, 0.2) is 0 Å². The van der Waals surface area contributed by atoms with Crippen LogP contribution in [-0.2, 0) is 0 Å². The van der Waals surface area contributed by atoms with E-state index in [4.69, 9.17) is 0 Å². The topological polar surface area (TPSA) is 0 Å². The average Bonchev–Trinajstić information content (AvgIpc) is 2.72. The zero-order valence-electron chi connectivity index (χ0n) is 16.3. The SMILES string of the molecule is C1CCC2(CC1)CCC1CC3=C(CC3C3CCC3C3CCC3)C1CC2. The number of fused-ring (bicyclic) bond motifs is 2. The molecule has 0 aromatic carbocycles. The molecule has 6 aliphatic carbocycles. The summed E-state index contributed by atoms with van der Waals surface area (Å²) in [5, 5.41) is 0. The van der Waals surface area contributed by atoms with Gasteiger partial charge in [0, 0.05) is 0 Å². The van der Waals surface area contributed by atoms with Gasteiger partial charge in [-0.05, 0) is 105 Å². The molecule has 0 bridgehead atoms. The van der Waals surface area contributed by atoms with Crippen LogP contribution in [0.5, 0.6) is 0 Å². The largest absolute Gasteiger partial charge is 0.0667 e. The normalized spacial score (nSPS) is 45.8. The van der Waals surface area contributed by atoms with Crippen LogP contribution < -0.4 is 0 Å². The molecule has 6 rings (SSSR count). The Morgan fingerprint density at radius 1 is 0.520 bits per heavy atom. The summed E-state index contributed by atoms with van der Waals surface area (Å²) in [7, 11) is 0. The third kappa shape index (κ3) is 2.37. The van der Waals surface area contributed by atoms with Gasteiger partial charge in [0.2, 0.25) is 0 Å². The molecule has 25 heavy (non-hydrogen) atoms. The Bertz CT molecular complexity index is 559. The van der Waals surface area contributed by atoms with Crippen molar-refractivity contribution in [1.82, 2.24) is 0 Å². The Labute approximate surface area is 155 Å². The van der Waals surface area contributed by atoms with Crippen LogP contribution in [-0.4, -0.2) is 0 Å². The van der Waals surface area contributed by atoms with Gasteiger partial charge < -0.3 is 0 Å². The number of hydrogen-bond acceptors (Lipinski definition) is 0.